The largest absolute Gasteiger partial charge is 0.573 e. The lowest BCUT2D eigenvalue weighted by Gasteiger charge is -2.24. The number of benzene rings is 2. The molecule has 0 amide bonds. The number of nitrogens with zero attached hydrogens (tertiary/aromatic N) is 4. The number of aliphatic imine (C=N–C) groups is 1. The van der Waals surface area contributed by atoms with Crippen molar-refractivity contribution in [1.82, 2.24) is 10.3 Å². The summed E-state index contributed by atoms with van der Waals surface area (Å²) in [6, 6.07) is 10.7. The first-order chi connectivity index (χ1) is 14.3. The Kier molecular flexibility index (Phi) is 6.69. The van der Waals surface area contributed by atoms with E-state index >= 15 is 0 Å². The van der Waals surface area contributed by atoms with Gasteiger partial charge in [-0.2, -0.15) is 5.26 Å². The summed E-state index contributed by atoms with van der Waals surface area (Å²) in [5.41, 5.74) is 1.97. The zero-order valence-corrected chi connectivity index (χ0v) is 17.4. The molecule has 30 heavy (non-hydrogen) atoms. The highest BCUT2D eigenvalue weighted by atomic mass is 32.2. The van der Waals surface area contributed by atoms with Gasteiger partial charge in [0.2, 0.25) is 5.96 Å². The summed E-state index contributed by atoms with van der Waals surface area (Å²) in [7, 11) is 0. The second kappa shape index (κ2) is 9.23. The lowest BCUT2D eigenvalue weighted by molar-refractivity contribution is -0.274. The number of nitriles is 1. The van der Waals surface area contributed by atoms with Gasteiger partial charge in [-0.25, -0.2) is 9.98 Å². The summed E-state index contributed by atoms with van der Waals surface area (Å²) < 4.78 is 42.4. The number of thiol groups is 1. The normalized spacial score (nSPS) is 11.9. The molecule has 0 saturated carbocycles. The summed E-state index contributed by atoms with van der Waals surface area (Å²) in [4.78, 5) is 10.5. The van der Waals surface area contributed by atoms with Crippen LogP contribution >= 0.6 is 24.0 Å². The first kappa shape index (κ1) is 21.7. The number of guanidine groups is 1. The van der Waals surface area contributed by atoms with E-state index in [9.17, 15) is 18.4 Å². The second-order valence-electron chi connectivity index (χ2n) is 6.01. The van der Waals surface area contributed by atoms with Gasteiger partial charge < -0.3 is 9.64 Å². The molecule has 0 aliphatic heterocycles. The molecule has 1 N–H and O–H groups in total. The summed E-state index contributed by atoms with van der Waals surface area (Å²) in [5, 5.41) is 11.8. The number of ether oxygens (including phenoxy) is 1. The molecule has 0 fully saturated rings. The summed E-state index contributed by atoms with van der Waals surface area (Å²) in [6.45, 7) is 2.54. The van der Waals surface area contributed by atoms with Crippen LogP contribution < -0.4 is 15.0 Å². The van der Waals surface area contributed by atoms with Gasteiger partial charge in [0.1, 0.15) is 10.1 Å². The van der Waals surface area contributed by atoms with Crippen LogP contribution in [0, 0.1) is 11.5 Å². The van der Waals surface area contributed by atoms with Gasteiger partial charge in [-0.1, -0.05) is 6.92 Å². The number of rotatable bonds is 5. The van der Waals surface area contributed by atoms with Crippen molar-refractivity contribution in [2.75, 3.05) is 11.4 Å². The van der Waals surface area contributed by atoms with Crippen molar-refractivity contribution < 1.29 is 17.9 Å². The van der Waals surface area contributed by atoms with Crippen molar-refractivity contribution in [1.29, 1.82) is 5.26 Å². The average Bonchev–Trinajstić information content (AvgIpc) is 3.05. The van der Waals surface area contributed by atoms with Crippen LogP contribution in [0.1, 0.15) is 13.3 Å². The van der Waals surface area contributed by atoms with Crippen LogP contribution in [0.2, 0.25) is 0 Å². The smallest absolute Gasteiger partial charge is 0.406 e. The number of nitrogens with one attached hydrogen (secondary N) is 1. The quantitative estimate of drug-likeness (QED) is 0.177. The molecule has 156 valence electrons. The number of hydrogen-bond donors (Lipinski definition) is 2. The van der Waals surface area contributed by atoms with Crippen molar-refractivity contribution in [2.24, 2.45) is 4.99 Å². The van der Waals surface area contributed by atoms with Crippen LogP contribution in [0.5, 0.6) is 5.75 Å². The van der Waals surface area contributed by atoms with E-state index in [1.807, 2.05) is 36.2 Å². The molecule has 0 unspecified atom stereocenters. The summed E-state index contributed by atoms with van der Waals surface area (Å²) in [5.74, 6) is -0.0985. The Hall–Kier alpha value is -2.97. The van der Waals surface area contributed by atoms with Gasteiger partial charge in [0.25, 0.3) is 0 Å². The Balaban J connectivity index is 1.95. The van der Waals surface area contributed by atoms with Gasteiger partial charge in [0.05, 0.1) is 15.9 Å². The van der Waals surface area contributed by atoms with E-state index in [-0.39, 0.29) is 11.7 Å². The number of fused-ring (bicyclic) bond motifs is 1. The third kappa shape index (κ3) is 5.55. The second-order valence-corrected chi connectivity index (χ2v) is 7.77. The maximum atomic E-state index is 12.3. The lowest BCUT2D eigenvalue weighted by Crippen LogP contribution is -2.39. The number of alkyl halides is 3. The first-order valence-corrected chi connectivity index (χ1v) is 10.0. The van der Waals surface area contributed by atoms with Crippen molar-refractivity contribution in [2.45, 2.75) is 24.0 Å². The van der Waals surface area contributed by atoms with Crippen LogP contribution in [-0.4, -0.2) is 23.9 Å². The molecule has 0 aliphatic rings. The zero-order chi connectivity index (χ0) is 21.7. The molecule has 2 aromatic carbocycles. The standard InChI is InChI=1S/C19H16F3N5OS2/c1-2-9-27(13-5-8-15-16(10-13)30-18(29)26-15)17(24-11-23)25-12-3-6-14(7-4-12)28-19(20,21)22/h3-8,10H,2,9H2,1H3,(H,24,25)(H,26,29). The topological polar surface area (TPSA) is 73.5 Å². The summed E-state index contributed by atoms with van der Waals surface area (Å²) in [6.07, 6.45) is -2.14. The fraction of sp³-hybridized carbons (Fsp3) is 0.211. The maximum absolute atomic E-state index is 12.3. The van der Waals surface area contributed by atoms with Crippen LogP contribution in [0.4, 0.5) is 24.5 Å². The highest BCUT2D eigenvalue weighted by molar-refractivity contribution is 7.82. The van der Waals surface area contributed by atoms with Crippen molar-refractivity contribution in [3.8, 4) is 11.9 Å². The molecule has 0 spiro atoms. The lowest BCUT2D eigenvalue weighted by atomic mass is 10.2. The Morgan fingerprint density at radius 2 is 2.03 bits per heavy atom. The van der Waals surface area contributed by atoms with E-state index in [0.29, 0.717) is 16.6 Å². The van der Waals surface area contributed by atoms with Gasteiger partial charge in [0, 0.05) is 12.2 Å². The molecule has 11 heteroatoms. The number of anilines is 1. The van der Waals surface area contributed by atoms with Crippen LogP contribution in [0.25, 0.3) is 10.2 Å². The number of hydrogen-bond acceptors (Lipinski definition) is 6. The fourth-order valence-electron chi connectivity index (χ4n) is 2.70. The van der Waals surface area contributed by atoms with E-state index in [0.717, 1.165) is 34.5 Å². The molecule has 1 heterocycles. The minimum absolute atomic E-state index is 0.249. The van der Waals surface area contributed by atoms with Gasteiger partial charge in [-0.05, 0) is 48.9 Å². The molecule has 1 aromatic heterocycles. The maximum Gasteiger partial charge on any atom is 0.573 e. The molecule has 3 aromatic rings. The van der Waals surface area contributed by atoms with Gasteiger partial charge >= 0.3 is 6.36 Å². The van der Waals surface area contributed by atoms with E-state index in [1.54, 1.807) is 0 Å². The minimum atomic E-state index is -4.77. The number of aromatic nitrogens is 1. The Bertz CT molecular complexity index is 1090. The molecule has 0 atom stereocenters. The molecule has 0 saturated heterocycles. The molecule has 0 aliphatic carbocycles. The Labute approximate surface area is 180 Å². The van der Waals surface area contributed by atoms with Crippen molar-refractivity contribution in [3.05, 3.63) is 42.5 Å². The van der Waals surface area contributed by atoms with Gasteiger partial charge in [-0.3, -0.25) is 5.32 Å². The average molecular weight is 451 g/mol. The highest BCUT2D eigenvalue weighted by Crippen LogP contribution is 2.30. The van der Waals surface area contributed by atoms with E-state index in [2.05, 4.69) is 32.7 Å². The zero-order valence-electron chi connectivity index (χ0n) is 15.6. The monoisotopic (exact) mass is 451 g/mol. The molecule has 0 bridgehead atoms. The molecular weight excluding hydrogens is 435 g/mol. The van der Waals surface area contributed by atoms with Crippen LogP contribution in [-0.2, 0) is 0 Å². The molecule has 0 radical (unpaired) electrons. The van der Waals surface area contributed by atoms with Gasteiger partial charge in [0.15, 0.2) is 6.19 Å². The third-order valence-corrected chi connectivity index (χ3v) is 5.04. The third-order valence-electron chi connectivity index (χ3n) is 3.85. The summed E-state index contributed by atoms with van der Waals surface area (Å²) >= 11 is 5.71. The van der Waals surface area contributed by atoms with Crippen molar-refractivity contribution in [3.63, 3.8) is 0 Å². The van der Waals surface area contributed by atoms with Crippen LogP contribution in [0.3, 0.4) is 0 Å². The van der Waals surface area contributed by atoms with E-state index in [4.69, 9.17) is 0 Å². The minimum Gasteiger partial charge on any atom is -0.406 e. The molecule has 3 rings (SSSR count). The van der Waals surface area contributed by atoms with E-state index in [1.165, 1.54) is 23.5 Å². The fourth-order valence-corrected chi connectivity index (χ4v) is 3.84. The predicted octanol–water partition coefficient (Wildman–Crippen LogP) is 5.46. The molecule has 6 nitrogen and oxygen atoms in total. The Morgan fingerprint density at radius 3 is 2.67 bits per heavy atom. The number of halogens is 3. The number of thiazole rings is 1. The van der Waals surface area contributed by atoms with E-state index < -0.39 is 6.36 Å². The molecular formula is C19H16F3N5OS2. The Morgan fingerprint density at radius 1 is 1.30 bits per heavy atom. The predicted molar refractivity (Wildman–Crippen MR) is 113 cm³/mol. The SMILES string of the molecule is CCCN(/C(=N/c1ccc(OC(F)(F)F)cc1)NC#N)c1ccc2nc(S)sc2c1. The van der Waals surface area contributed by atoms with Crippen molar-refractivity contribution >= 4 is 51.5 Å². The van der Waals surface area contributed by atoms with Crippen LogP contribution in [0.15, 0.2) is 51.8 Å². The first-order valence-electron chi connectivity index (χ1n) is 8.76. The van der Waals surface area contributed by atoms with Gasteiger partial charge in [-0.15, -0.1) is 37.1 Å². The highest BCUT2D eigenvalue weighted by Gasteiger charge is 2.31.